The molecule has 1 aliphatic heterocycles. The summed E-state index contributed by atoms with van der Waals surface area (Å²) in [5.74, 6) is 1.69. The molecule has 92 valence electrons. The summed E-state index contributed by atoms with van der Waals surface area (Å²) < 4.78 is 10.6. The predicted molar refractivity (Wildman–Crippen MR) is 65.0 cm³/mol. The third-order valence-corrected chi connectivity index (χ3v) is 3.57. The van der Waals surface area contributed by atoms with E-state index in [4.69, 9.17) is 15.2 Å². The standard InChI is InChI=1S/C13H18N2O2/c14-10-2-1-3-11(10)15-7-9-4-5-12-13(6-9)17-8-16-12/h4-6,10-11,15H,1-3,7-8,14H2. The van der Waals surface area contributed by atoms with Crippen LogP contribution in [-0.2, 0) is 6.54 Å². The number of nitrogens with two attached hydrogens (primary N) is 1. The Balaban J connectivity index is 1.61. The summed E-state index contributed by atoms with van der Waals surface area (Å²) in [4.78, 5) is 0. The smallest absolute Gasteiger partial charge is 0.231 e. The Labute approximate surface area is 101 Å². The lowest BCUT2D eigenvalue weighted by Crippen LogP contribution is -2.40. The van der Waals surface area contributed by atoms with E-state index in [1.54, 1.807) is 0 Å². The molecule has 0 spiro atoms. The number of fused-ring (bicyclic) bond motifs is 1. The molecule has 3 N–H and O–H groups in total. The molecule has 2 aliphatic rings. The molecule has 0 aromatic heterocycles. The Kier molecular flexibility index (Phi) is 2.91. The maximum atomic E-state index is 6.03. The molecule has 1 aliphatic carbocycles. The fourth-order valence-electron chi connectivity index (χ4n) is 2.54. The monoisotopic (exact) mass is 234 g/mol. The molecule has 3 rings (SSSR count). The van der Waals surface area contributed by atoms with Crippen LogP contribution in [0.5, 0.6) is 11.5 Å². The van der Waals surface area contributed by atoms with E-state index >= 15 is 0 Å². The number of nitrogens with one attached hydrogen (secondary N) is 1. The number of hydrogen-bond donors (Lipinski definition) is 2. The van der Waals surface area contributed by atoms with Crippen LogP contribution in [0, 0.1) is 0 Å². The van der Waals surface area contributed by atoms with E-state index in [0.29, 0.717) is 18.9 Å². The summed E-state index contributed by atoms with van der Waals surface area (Å²) in [5, 5.41) is 3.52. The van der Waals surface area contributed by atoms with Crippen LogP contribution in [0.1, 0.15) is 24.8 Å². The van der Waals surface area contributed by atoms with Crippen molar-refractivity contribution < 1.29 is 9.47 Å². The SMILES string of the molecule is NC1CCCC1NCc1ccc2c(c1)OCO2. The third-order valence-electron chi connectivity index (χ3n) is 3.57. The molecule has 1 saturated carbocycles. The summed E-state index contributed by atoms with van der Waals surface area (Å²) in [6, 6.07) is 6.84. The van der Waals surface area contributed by atoms with Gasteiger partial charge >= 0.3 is 0 Å². The number of rotatable bonds is 3. The maximum Gasteiger partial charge on any atom is 0.231 e. The van der Waals surface area contributed by atoms with Gasteiger partial charge in [0.2, 0.25) is 6.79 Å². The Bertz CT molecular complexity index is 408. The molecule has 1 fully saturated rings. The van der Waals surface area contributed by atoms with Crippen LogP contribution >= 0.6 is 0 Å². The van der Waals surface area contributed by atoms with Crippen molar-refractivity contribution in [1.82, 2.24) is 5.32 Å². The second-order valence-electron chi connectivity index (χ2n) is 4.77. The second kappa shape index (κ2) is 4.55. The summed E-state index contributed by atoms with van der Waals surface area (Å²) in [5.41, 5.74) is 7.24. The molecular weight excluding hydrogens is 216 g/mol. The quantitative estimate of drug-likeness (QED) is 0.829. The highest BCUT2D eigenvalue weighted by atomic mass is 16.7. The van der Waals surface area contributed by atoms with Gasteiger partial charge < -0.3 is 20.5 Å². The molecule has 2 unspecified atom stereocenters. The average molecular weight is 234 g/mol. The molecule has 4 heteroatoms. The summed E-state index contributed by atoms with van der Waals surface area (Å²) in [6.45, 7) is 1.18. The fraction of sp³-hybridized carbons (Fsp3) is 0.538. The molecule has 1 aromatic rings. The van der Waals surface area contributed by atoms with E-state index in [0.717, 1.165) is 24.5 Å². The van der Waals surface area contributed by atoms with Crippen molar-refractivity contribution in [3.8, 4) is 11.5 Å². The van der Waals surface area contributed by atoms with Crippen LogP contribution in [0.15, 0.2) is 18.2 Å². The van der Waals surface area contributed by atoms with E-state index in [9.17, 15) is 0 Å². The van der Waals surface area contributed by atoms with Crippen molar-refractivity contribution in [2.24, 2.45) is 5.73 Å². The highest BCUT2D eigenvalue weighted by Crippen LogP contribution is 2.32. The van der Waals surface area contributed by atoms with E-state index in [1.807, 2.05) is 12.1 Å². The number of hydrogen-bond acceptors (Lipinski definition) is 4. The van der Waals surface area contributed by atoms with Crippen molar-refractivity contribution in [1.29, 1.82) is 0 Å². The van der Waals surface area contributed by atoms with Gasteiger partial charge in [0, 0.05) is 18.6 Å². The normalized spacial score (nSPS) is 26.4. The van der Waals surface area contributed by atoms with Gasteiger partial charge in [-0.25, -0.2) is 0 Å². The van der Waals surface area contributed by atoms with Crippen LogP contribution in [-0.4, -0.2) is 18.9 Å². The van der Waals surface area contributed by atoms with Crippen LogP contribution < -0.4 is 20.5 Å². The lowest BCUT2D eigenvalue weighted by molar-refractivity contribution is 0.174. The molecule has 0 amide bonds. The fourth-order valence-corrected chi connectivity index (χ4v) is 2.54. The van der Waals surface area contributed by atoms with Gasteiger partial charge in [0.25, 0.3) is 0 Å². The zero-order valence-electron chi connectivity index (χ0n) is 9.82. The summed E-state index contributed by atoms with van der Waals surface area (Å²) >= 11 is 0. The lowest BCUT2D eigenvalue weighted by atomic mass is 10.1. The van der Waals surface area contributed by atoms with Crippen LogP contribution in [0.2, 0.25) is 0 Å². The lowest BCUT2D eigenvalue weighted by Gasteiger charge is -2.17. The summed E-state index contributed by atoms with van der Waals surface area (Å²) in [6.07, 6.45) is 3.56. The van der Waals surface area contributed by atoms with Gasteiger partial charge in [-0.15, -0.1) is 0 Å². The van der Waals surface area contributed by atoms with Crippen molar-refractivity contribution in [3.05, 3.63) is 23.8 Å². The first-order chi connectivity index (χ1) is 8.33. The highest BCUT2D eigenvalue weighted by molar-refractivity contribution is 5.44. The third kappa shape index (κ3) is 2.23. The number of ether oxygens (including phenoxy) is 2. The first kappa shape index (κ1) is 10.9. The topological polar surface area (TPSA) is 56.5 Å². The van der Waals surface area contributed by atoms with E-state index in [-0.39, 0.29) is 0 Å². The largest absolute Gasteiger partial charge is 0.454 e. The molecule has 0 bridgehead atoms. The minimum absolute atomic E-state index is 0.309. The van der Waals surface area contributed by atoms with Crippen molar-refractivity contribution in [2.75, 3.05) is 6.79 Å². The Morgan fingerprint density at radius 1 is 1.24 bits per heavy atom. The zero-order valence-corrected chi connectivity index (χ0v) is 9.82. The molecule has 0 radical (unpaired) electrons. The average Bonchev–Trinajstić information content (AvgIpc) is 2.94. The van der Waals surface area contributed by atoms with E-state index in [2.05, 4.69) is 11.4 Å². The van der Waals surface area contributed by atoms with Gasteiger partial charge in [0.15, 0.2) is 11.5 Å². The molecule has 4 nitrogen and oxygen atoms in total. The Morgan fingerprint density at radius 2 is 2.12 bits per heavy atom. The Hall–Kier alpha value is -1.26. The summed E-state index contributed by atoms with van der Waals surface area (Å²) in [7, 11) is 0. The maximum absolute atomic E-state index is 6.03. The van der Waals surface area contributed by atoms with Crippen molar-refractivity contribution in [3.63, 3.8) is 0 Å². The predicted octanol–water partition coefficient (Wildman–Crippen LogP) is 1.38. The van der Waals surface area contributed by atoms with Crippen LogP contribution in [0.4, 0.5) is 0 Å². The minimum atomic E-state index is 0.309. The first-order valence-electron chi connectivity index (χ1n) is 6.20. The minimum Gasteiger partial charge on any atom is -0.454 e. The number of benzene rings is 1. The molecule has 2 atom stereocenters. The Morgan fingerprint density at radius 3 is 2.94 bits per heavy atom. The van der Waals surface area contributed by atoms with Gasteiger partial charge in [-0.2, -0.15) is 0 Å². The molecule has 17 heavy (non-hydrogen) atoms. The first-order valence-corrected chi connectivity index (χ1v) is 6.20. The second-order valence-corrected chi connectivity index (χ2v) is 4.77. The highest BCUT2D eigenvalue weighted by Gasteiger charge is 2.23. The van der Waals surface area contributed by atoms with Gasteiger partial charge in [0.05, 0.1) is 0 Å². The van der Waals surface area contributed by atoms with Gasteiger partial charge in [-0.3, -0.25) is 0 Å². The van der Waals surface area contributed by atoms with Crippen molar-refractivity contribution in [2.45, 2.75) is 37.9 Å². The van der Waals surface area contributed by atoms with E-state index < -0.39 is 0 Å². The zero-order chi connectivity index (χ0) is 11.7. The molecular formula is C13H18N2O2. The van der Waals surface area contributed by atoms with Crippen molar-refractivity contribution >= 4 is 0 Å². The molecule has 0 saturated heterocycles. The van der Waals surface area contributed by atoms with E-state index in [1.165, 1.54) is 18.4 Å². The van der Waals surface area contributed by atoms with Gasteiger partial charge in [-0.1, -0.05) is 12.5 Å². The van der Waals surface area contributed by atoms with Crippen LogP contribution in [0.25, 0.3) is 0 Å². The van der Waals surface area contributed by atoms with Crippen LogP contribution in [0.3, 0.4) is 0 Å². The van der Waals surface area contributed by atoms with Gasteiger partial charge in [-0.05, 0) is 30.5 Å². The molecule has 1 aromatic carbocycles. The molecule has 1 heterocycles. The van der Waals surface area contributed by atoms with Gasteiger partial charge in [0.1, 0.15) is 0 Å².